The Hall–Kier alpha value is -1.40. The van der Waals surface area contributed by atoms with Gasteiger partial charge >= 0.3 is 6.18 Å². The summed E-state index contributed by atoms with van der Waals surface area (Å²) in [5.41, 5.74) is -0.0423. The van der Waals surface area contributed by atoms with E-state index in [1.165, 1.54) is 0 Å². The molecule has 0 amide bonds. The Bertz CT molecular complexity index is 716. The number of aryl methyl sites for hydroxylation is 1. The van der Waals surface area contributed by atoms with Gasteiger partial charge in [0.15, 0.2) is 5.78 Å². The predicted octanol–water partition coefficient (Wildman–Crippen LogP) is 5.06. The molecule has 0 fully saturated rings. The molecule has 0 aliphatic heterocycles. The van der Waals surface area contributed by atoms with E-state index in [0.717, 1.165) is 17.7 Å². The molecule has 1 aromatic carbocycles. The number of hydrogen-bond donors (Lipinski definition) is 0. The second-order valence-electron chi connectivity index (χ2n) is 4.35. The van der Waals surface area contributed by atoms with Gasteiger partial charge < -0.3 is 0 Å². The molecular formula is C14H8BrClF3NO. The number of carbonyl (C=O) groups excluding carboxylic acids is 1. The van der Waals surface area contributed by atoms with E-state index < -0.39 is 22.8 Å². The second kappa shape index (κ2) is 5.77. The minimum absolute atomic E-state index is 0.0732. The van der Waals surface area contributed by atoms with E-state index in [1.54, 1.807) is 25.1 Å². The maximum absolute atomic E-state index is 12.5. The van der Waals surface area contributed by atoms with Gasteiger partial charge in [0.1, 0.15) is 10.8 Å². The summed E-state index contributed by atoms with van der Waals surface area (Å²) < 4.78 is 38.1. The first-order valence-electron chi connectivity index (χ1n) is 5.74. The van der Waals surface area contributed by atoms with Gasteiger partial charge in [-0.25, -0.2) is 4.98 Å². The van der Waals surface area contributed by atoms with Gasteiger partial charge in [0, 0.05) is 10.0 Å². The summed E-state index contributed by atoms with van der Waals surface area (Å²) in [5.74, 6) is -0.489. The van der Waals surface area contributed by atoms with Crippen LogP contribution in [-0.4, -0.2) is 10.8 Å². The van der Waals surface area contributed by atoms with Crippen molar-refractivity contribution in [3.05, 3.63) is 62.3 Å². The maximum atomic E-state index is 12.5. The van der Waals surface area contributed by atoms with Crippen LogP contribution in [0.3, 0.4) is 0 Å². The van der Waals surface area contributed by atoms with Crippen molar-refractivity contribution in [1.29, 1.82) is 0 Å². The van der Waals surface area contributed by atoms with Crippen molar-refractivity contribution in [1.82, 2.24) is 4.98 Å². The molecule has 110 valence electrons. The summed E-state index contributed by atoms with van der Waals surface area (Å²) in [6.45, 7) is 1.80. The molecule has 0 spiro atoms. The highest BCUT2D eigenvalue weighted by atomic mass is 79.9. The Kier molecular flexibility index (Phi) is 4.39. The van der Waals surface area contributed by atoms with Gasteiger partial charge in [-0.3, -0.25) is 4.79 Å². The normalized spacial score (nSPS) is 11.5. The van der Waals surface area contributed by atoms with Gasteiger partial charge in [-0.05, 0) is 31.2 Å². The van der Waals surface area contributed by atoms with Crippen LogP contribution in [0.4, 0.5) is 13.2 Å². The molecule has 2 aromatic rings. The van der Waals surface area contributed by atoms with Crippen LogP contribution in [0.15, 0.2) is 34.8 Å². The molecule has 7 heteroatoms. The van der Waals surface area contributed by atoms with Crippen LogP contribution in [0.5, 0.6) is 0 Å². The predicted molar refractivity (Wildman–Crippen MR) is 76.6 cm³/mol. The van der Waals surface area contributed by atoms with Gasteiger partial charge in [0.2, 0.25) is 0 Å². The third-order valence-corrected chi connectivity index (χ3v) is 3.73. The molecule has 0 N–H and O–H groups in total. The summed E-state index contributed by atoms with van der Waals surface area (Å²) in [4.78, 5) is 15.6. The maximum Gasteiger partial charge on any atom is 0.433 e. The first-order chi connectivity index (χ1) is 9.70. The Morgan fingerprint density at radius 2 is 1.86 bits per heavy atom. The first-order valence-corrected chi connectivity index (χ1v) is 6.92. The lowest BCUT2D eigenvalue weighted by Crippen LogP contribution is -2.11. The number of carbonyl (C=O) groups is 1. The molecule has 0 saturated carbocycles. The van der Waals surface area contributed by atoms with Crippen molar-refractivity contribution < 1.29 is 18.0 Å². The van der Waals surface area contributed by atoms with E-state index >= 15 is 0 Å². The number of hydrogen-bond acceptors (Lipinski definition) is 2. The molecule has 0 atom stereocenters. The van der Waals surface area contributed by atoms with Gasteiger partial charge in [-0.2, -0.15) is 13.2 Å². The number of benzene rings is 1. The van der Waals surface area contributed by atoms with Gasteiger partial charge in [-0.1, -0.05) is 39.2 Å². The standard InChI is InChI=1S/C14H8BrClF3NO/c1-7-2-4-10(15)9(6-7)12(21)8-3-5-11(14(17,18)19)20-13(8)16/h2-6H,1H3. The highest BCUT2D eigenvalue weighted by Crippen LogP contribution is 2.30. The SMILES string of the molecule is Cc1ccc(Br)c(C(=O)c2ccc(C(F)(F)F)nc2Cl)c1. The van der Waals surface area contributed by atoms with Crippen molar-refractivity contribution in [3.63, 3.8) is 0 Å². The highest BCUT2D eigenvalue weighted by molar-refractivity contribution is 9.10. The number of alkyl halides is 3. The number of nitrogens with zero attached hydrogens (tertiary/aromatic N) is 1. The Balaban J connectivity index is 2.47. The molecule has 0 aliphatic carbocycles. The van der Waals surface area contributed by atoms with Gasteiger partial charge in [0.25, 0.3) is 0 Å². The lowest BCUT2D eigenvalue weighted by Gasteiger charge is -2.09. The van der Waals surface area contributed by atoms with E-state index in [0.29, 0.717) is 10.0 Å². The van der Waals surface area contributed by atoms with Crippen LogP contribution in [-0.2, 0) is 6.18 Å². The van der Waals surface area contributed by atoms with Crippen molar-refractivity contribution in [3.8, 4) is 0 Å². The van der Waals surface area contributed by atoms with E-state index in [1.807, 2.05) is 0 Å². The van der Waals surface area contributed by atoms with Crippen LogP contribution >= 0.6 is 27.5 Å². The number of ketones is 1. The molecule has 2 rings (SSSR count). The lowest BCUT2D eigenvalue weighted by molar-refractivity contribution is -0.141. The highest BCUT2D eigenvalue weighted by Gasteiger charge is 2.33. The molecule has 2 nitrogen and oxygen atoms in total. The molecule has 1 aromatic heterocycles. The first kappa shape index (κ1) is 16.0. The molecule has 1 heterocycles. The largest absolute Gasteiger partial charge is 0.433 e. The fraction of sp³-hybridized carbons (Fsp3) is 0.143. The Morgan fingerprint density at radius 1 is 1.19 bits per heavy atom. The molecule has 21 heavy (non-hydrogen) atoms. The topological polar surface area (TPSA) is 30.0 Å². The third-order valence-electron chi connectivity index (χ3n) is 2.75. The summed E-state index contributed by atoms with van der Waals surface area (Å²) in [6.07, 6.45) is -4.60. The van der Waals surface area contributed by atoms with E-state index in [2.05, 4.69) is 20.9 Å². The zero-order valence-corrected chi connectivity index (χ0v) is 13.0. The van der Waals surface area contributed by atoms with Crippen molar-refractivity contribution in [2.45, 2.75) is 13.1 Å². The van der Waals surface area contributed by atoms with Crippen molar-refractivity contribution in [2.24, 2.45) is 0 Å². The molecule has 0 bridgehead atoms. The zero-order chi connectivity index (χ0) is 15.8. The van der Waals surface area contributed by atoms with Crippen LogP contribution < -0.4 is 0 Å². The minimum Gasteiger partial charge on any atom is -0.288 e. The Morgan fingerprint density at radius 3 is 2.43 bits per heavy atom. The fourth-order valence-electron chi connectivity index (χ4n) is 1.72. The van der Waals surface area contributed by atoms with Crippen LogP contribution in [0.25, 0.3) is 0 Å². The van der Waals surface area contributed by atoms with E-state index in [9.17, 15) is 18.0 Å². The van der Waals surface area contributed by atoms with Crippen LogP contribution in [0.1, 0.15) is 27.2 Å². The average Bonchev–Trinajstić information content (AvgIpc) is 2.39. The fourth-order valence-corrected chi connectivity index (χ4v) is 2.39. The minimum atomic E-state index is -4.60. The smallest absolute Gasteiger partial charge is 0.288 e. The molecule has 0 unspecified atom stereocenters. The van der Waals surface area contributed by atoms with Crippen LogP contribution in [0.2, 0.25) is 5.15 Å². The molecule has 0 saturated heterocycles. The monoisotopic (exact) mass is 377 g/mol. The summed E-state index contributed by atoms with van der Waals surface area (Å²) in [7, 11) is 0. The summed E-state index contributed by atoms with van der Waals surface area (Å²) in [5, 5.41) is -0.469. The average molecular weight is 379 g/mol. The number of pyridine rings is 1. The molecular weight excluding hydrogens is 371 g/mol. The van der Waals surface area contributed by atoms with Gasteiger partial charge in [-0.15, -0.1) is 0 Å². The zero-order valence-electron chi connectivity index (χ0n) is 10.6. The van der Waals surface area contributed by atoms with E-state index in [4.69, 9.17) is 11.6 Å². The van der Waals surface area contributed by atoms with Gasteiger partial charge in [0.05, 0.1) is 5.56 Å². The van der Waals surface area contributed by atoms with Crippen molar-refractivity contribution in [2.75, 3.05) is 0 Å². The number of rotatable bonds is 2. The van der Waals surface area contributed by atoms with E-state index in [-0.39, 0.29) is 5.56 Å². The molecule has 0 aliphatic rings. The van der Waals surface area contributed by atoms with Crippen molar-refractivity contribution >= 4 is 33.3 Å². The summed E-state index contributed by atoms with van der Waals surface area (Å²) >= 11 is 8.96. The lowest BCUT2D eigenvalue weighted by atomic mass is 10.0. The third kappa shape index (κ3) is 3.44. The quantitative estimate of drug-likeness (QED) is 0.540. The summed E-state index contributed by atoms with van der Waals surface area (Å²) in [6, 6.07) is 6.89. The number of halogens is 5. The number of aromatic nitrogens is 1. The Labute approximate surface area is 132 Å². The van der Waals surface area contributed by atoms with Crippen LogP contribution in [0, 0.1) is 6.92 Å². The molecule has 0 radical (unpaired) electrons. The second-order valence-corrected chi connectivity index (χ2v) is 5.56.